The highest BCUT2D eigenvalue weighted by atomic mass is 16.2. The van der Waals surface area contributed by atoms with Gasteiger partial charge in [0.05, 0.1) is 0 Å². The van der Waals surface area contributed by atoms with Crippen molar-refractivity contribution in [3.05, 3.63) is 0 Å². The van der Waals surface area contributed by atoms with Gasteiger partial charge in [0, 0.05) is 38.0 Å². The molecule has 1 heterocycles. The van der Waals surface area contributed by atoms with Gasteiger partial charge >= 0.3 is 0 Å². The molecule has 136 valence electrons. The molecule has 0 bridgehead atoms. The molecule has 3 fully saturated rings. The molecule has 2 saturated carbocycles. The van der Waals surface area contributed by atoms with E-state index in [4.69, 9.17) is 0 Å². The highest BCUT2D eigenvalue weighted by molar-refractivity contribution is 5.82. The van der Waals surface area contributed by atoms with Crippen LogP contribution in [0.2, 0.25) is 0 Å². The van der Waals surface area contributed by atoms with E-state index in [0.717, 1.165) is 31.5 Å². The van der Waals surface area contributed by atoms with Crippen molar-refractivity contribution in [1.29, 1.82) is 0 Å². The number of fused-ring (bicyclic) bond motifs is 1. The molecule has 0 spiro atoms. The Bertz CT molecular complexity index is 452. The minimum Gasteiger partial charge on any atom is -0.355 e. The summed E-state index contributed by atoms with van der Waals surface area (Å²) in [6, 6.07) is 0.754. The molecule has 4 atom stereocenters. The quantitative estimate of drug-likeness (QED) is 0.747. The number of carbonyl (C=O) groups is 2. The minimum absolute atomic E-state index is 0.0522. The second-order valence-electron chi connectivity index (χ2n) is 8.00. The summed E-state index contributed by atoms with van der Waals surface area (Å²) in [5.41, 5.74) is 0. The average Bonchev–Trinajstić information content (AvgIpc) is 3.32. The van der Waals surface area contributed by atoms with Crippen LogP contribution in [0.1, 0.15) is 58.3 Å². The van der Waals surface area contributed by atoms with Crippen LogP contribution in [0.5, 0.6) is 0 Å². The van der Waals surface area contributed by atoms with Crippen molar-refractivity contribution in [3.63, 3.8) is 0 Å². The van der Waals surface area contributed by atoms with Crippen molar-refractivity contribution in [2.24, 2.45) is 17.8 Å². The first-order chi connectivity index (χ1) is 11.6. The Morgan fingerprint density at radius 3 is 2.58 bits per heavy atom. The minimum atomic E-state index is 0.0522. The highest BCUT2D eigenvalue weighted by Crippen LogP contribution is 2.37. The zero-order valence-electron chi connectivity index (χ0n) is 15.1. The molecule has 3 rings (SSSR count). The molecule has 3 aliphatic rings. The lowest BCUT2D eigenvalue weighted by Gasteiger charge is -2.44. The van der Waals surface area contributed by atoms with Crippen LogP contribution in [-0.4, -0.2) is 48.9 Å². The number of amides is 2. The second kappa shape index (κ2) is 8.32. The van der Waals surface area contributed by atoms with Gasteiger partial charge in [0.25, 0.3) is 0 Å². The number of carbonyl (C=O) groups excluding carboxylic acids is 2. The molecule has 2 N–H and O–H groups in total. The number of hydrogen-bond acceptors (Lipinski definition) is 3. The van der Waals surface area contributed by atoms with Crippen LogP contribution in [-0.2, 0) is 9.59 Å². The van der Waals surface area contributed by atoms with E-state index in [9.17, 15) is 9.59 Å². The summed E-state index contributed by atoms with van der Waals surface area (Å²) in [6.07, 6.45) is 9.58. The maximum Gasteiger partial charge on any atom is 0.223 e. The van der Waals surface area contributed by atoms with E-state index in [0.29, 0.717) is 18.9 Å². The SMILES string of the molecule is CC1CC1C(=O)NCCC(=O)NCCN1CCCC2CCCCC21. The molecule has 0 aromatic carbocycles. The largest absolute Gasteiger partial charge is 0.355 e. The maximum atomic E-state index is 11.9. The smallest absolute Gasteiger partial charge is 0.223 e. The Labute approximate surface area is 145 Å². The van der Waals surface area contributed by atoms with Crippen LogP contribution in [0.3, 0.4) is 0 Å². The van der Waals surface area contributed by atoms with Gasteiger partial charge in [-0.3, -0.25) is 14.5 Å². The Kier molecular flexibility index (Phi) is 6.14. The first-order valence-electron chi connectivity index (χ1n) is 9.93. The normalized spacial score (nSPS) is 32.7. The van der Waals surface area contributed by atoms with Crippen molar-refractivity contribution >= 4 is 11.8 Å². The Morgan fingerprint density at radius 2 is 1.79 bits per heavy atom. The Hall–Kier alpha value is -1.10. The fourth-order valence-electron chi connectivity index (χ4n) is 4.55. The monoisotopic (exact) mass is 335 g/mol. The molecular weight excluding hydrogens is 302 g/mol. The molecule has 5 heteroatoms. The van der Waals surface area contributed by atoms with Crippen LogP contribution >= 0.6 is 0 Å². The Balaban J connectivity index is 1.28. The van der Waals surface area contributed by atoms with Crippen molar-refractivity contribution in [2.45, 2.75) is 64.3 Å². The van der Waals surface area contributed by atoms with Gasteiger partial charge in [0.1, 0.15) is 0 Å². The molecule has 1 aliphatic heterocycles. The standard InChI is InChI=1S/C19H33N3O2/c1-14-13-16(14)19(24)21-9-8-18(23)20-10-12-22-11-4-6-15-5-2-3-7-17(15)22/h14-17H,2-13H2,1H3,(H,20,23)(H,21,24). The fourth-order valence-corrected chi connectivity index (χ4v) is 4.55. The predicted octanol–water partition coefficient (Wildman–Crippen LogP) is 1.92. The number of nitrogens with zero attached hydrogens (tertiary/aromatic N) is 1. The van der Waals surface area contributed by atoms with E-state index in [1.54, 1.807) is 0 Å². The van der Waals surface area contributed by atoms with Gasteiger partial charge in [-0.2, -0.15) is 0 Å². The van der Waals surface area contributed by atoms with Crippen LogP contribution in [0.4, 0.5) is 0 Å². The average molecular weight is 335 g/mol. The summed E-state index contributed by atoms with van der Waals surface area (Å²) >= 11 is 0. The topological polar surface area (TPSA) is 61.4 Å². The number of nitrogens with one attached hydrogen (secondary N) is 2. The molecule has 5 nitrogen and oxygen atoms in total. The van der Waals surface area contributed by atoms with Crippen LogP contribution in [0.15, 0.2) is 0 Å². The molecule has 2 aliphatic carbocycles. The van der Waals surface area contributed by atoms with E-state index >= 15 is 0 Å². The van der Waals surface area contributed by atoms with Gasteiger partial charge in [0.2, 0.25) is 11.8 Å². The van der Waals surface area contributed by atoms with Crippen LogP contribution in [0, 0.1) is 17.8 Å². The van der Waals surface area contributed by atoms with E-state index in [-0.39, 0.29) is 17.7 Å². The summed E-state index contributed by atoms with van der Waals surface area (Å²) in [5, 5.41) is 5.89. The number of hydrogen-bond donors (Lipinski definition) is 2. The van der Waals surface area contributed by atoms with Gasteiger partial charge in [-0.25, -0.2) is 0 Å². The maximum absolute atomic E-state index is 11.9. The molecule has 0 aromatic rings. The van der Waals surface area contributed by atoms with Crippen molar-refractivity contribution in [1.82, 2.24) is 15.5 Å². The van der Waals surface area contributed by atoms with Crippen LogP contribution < -0.4 is 10.6 Å². The summed E-state index contributed by atoms with van der Waals surface area (Å²) in [5.74, 6) is 1.77. The van der Waals surface area contributed by atoms with E-state index in [1.807, 2.05) is 0 Å². The third-order valence-electron chi connectivity index (χ3n) is 6.18. The predicted molar refractivity (Wildman–Crippen MR) is 94.5 cm³/mol. The van der Waals surface area contributed by atoms with E-state index < -0.39 is 0 Å². The fraction of sp³-hybridized carbons (Fsp3) is 0.895. The zero-order valence-corrected chi connectivity index (χ0v) is 15.1. The highest BCUT2D eigenvalue weighted by Gasteiger charge is 2.38. The Morgan fingerprint density at radius 1 is 1.04 bits per heavy atom. The number of likely N-dealkylation sites (tertiary alicyclic amines) is 1. The lowest BCUT2D eigenvalue weighted by atomic mass is 9.78. The zero-order chi connectivity index (χ0) is 16.9. The van der Waals surface area contributed by atoms with Crippen molar-refractivity contribution in [2.75, 3.05) is 26.2 Å². The molecular formula is C19H33N3O2. The van der Waals surface area contributed by atoms with Crippen molar-refractivity contribution < 1.29 is 9.59 Å². The van der Waals surface area contributed by atoms with Crippen LogP contribution in [0.25, 0.3) is 0 Å². The van der Waals surface area contributed by atoms with Gasteiger partial charge in [-0.1, -0.05) is 19.8 Å². The molecule has 2 amide bonds. The molecule has 4 unspecified atom stereocenters. The molecule has 1 saturated heterocycles. The second-order valence-corrected chi connectivity index (χ2v) is 8.00. The van der Waals surface area contributed by atoms with E-state index in [2.05, 4.69) is 22.5 Å². The first kappa shape index (κ1) is 17.7. The molecule has 0 radical (unpaired) electrons. The number of piperidine rings is 1. The summed E-state index contributed by atoms with van der Waals surface area (Å²) in [4.78, 5) is 26.2. The third kappa shape index (κ3) is 4.71. The molecule has 0 aromatic heterocycles. The first-order valence-corrected chi connectivity index (χ1v) is 9.93. The van der Waals surface area contributed by atoms with Gasteiger partial charge in [-0.05, 0) is 50.5 Å². The van der Waals surface area contributed by atoms with Gasteiger partial charge in [0.15, 0.2) is 0 Å². The summed E-state index contributed by atoms with van der Waals surface area (Å²) < 4.78 is 0. The lowest BCUT2D eigenvalue weighted by molar-refractivity contribution is -0.123. The summed E-state index contributed by atoms with van der Waals surface area (Å²) in [6.45, 7) is 5.44. The lowest BCUT2D eigenvalue weighted by Crippen LogP contribution is -2.49. The molecule has 24 heavy (non-hydrogen) atoms. The van der Waals surface area contributed by atoms with Crippen molar-refractivity contribution in [3.8, 4) is 0 Å². The van der Waals surface area contributed by atoms with E-state index in [1.165, 1.54) is 45.1 Å². The summed E-state index contributed by atoms with van der Waals surface area (Å²) in [7, 11) is 0. The third-order valence-corrected chi connectivity index (χ3v) is 6.18. The van der Waals surface area contributed by atoms with Gasteiger partial charge < -0.3 is 10.6 Å². The number of rotatable bonds is 7. The van der Waals surface area contributed by atoms with Gasteiger partial charge in [-0.15, -0.1) is 0 Å².